The number of nitrogens with one attached hydrogen (secondary N) is 1. The van der Waals surface area contributed by atoms with Gasteiger partial charge in [-0.1, -0.05) is 31.0 Å². The van der Waals surface area contributed by atoms with E-state index in [0.717, 1.165) is 13.1 Å². The van der Waals surface area contributed by atoms with Crippen LogP contribution in [0.1, 0.15) is 50.5 Å². The molecule has 0 aromatic heterocycles. The molecule has 1 heterocycles. The highest BCUT2D eigenvalue weighted by molar-refractivity contribution is 5.78. The second kappa shape index (κ2) is 5.86. The molecule has 108 valence electrons. The van der Waals surface area contributed by atoms with E-state index in [-0.39, 0.29) is 0 Å². The lowest BCUT2D eigenvalue weighted by atomic mass is 9.97. The van der Waals surface area contributed by atoms with Crippen molar-refractivity contribution in [1.82, 2.24) is 4.90 Å². The standard InChI is InChI=1S/C17H24N2O/c1-2-19(14-7-3-4-8-14)17(20)11-13-12-18-16-10-6-5-9-15(13)16/h5-6,9-10,13-14,18H,2-4,7-8,11-12H2,1H3. The Labute approximate surface area is 121 Å². The Balaban J connectivity index is 1.67. The lowest BCUT2D eigenvalue weighted by Gasteiger charge is -2.28. The van der Waals surface area contributed by atoms with Crippen molar-refractivity contribution >= 4 is 11.6 Å². The van der Waals surface area contributed by atoms with E-state index >= 15 is 0 Å². The number of fused-ring (bicyclic) bond motifs is 1. The van der Waals surface area contributed by atoms with Crippen molar-refractivity contribution in [3.8, 4) is 0 Å². The van der Waals surface area contributed by atoms with Gasteiger partial charge in [-0.15, -0.1) is 0 Å². The number of nitrogens with zero attached hydrogens (tertiary/aromatic N) is 1. The van der Waals surface area contributed by atoms with Gasteiger partial charge in [-0.2, -0.15) is 0 Å². The summed E-state index contributed by atoms with van der Waals surface area (Å²) in [5.74, 6) is 0.678. The van der Waals surface area contributed by atoms with E-state index in [1.54, 1.807) is 0 Å². The van der Waals surface area contributed by atoms with Crippen molar-refractivity contribution in [3.63, 3.8) is 0 Å². The number of rotatable bonds is 4. The first-order valence-corrected chi connectivity index (χ1v) is 7.92. The summed E-state index contributed by atoms with van der Waals surface area (Å²) in [6.07, 6.45) is 5.59. The zero-order valence-electron chi connectivity index (χ0n) is 12.3. The molecule has 1 atom stereocenters. The van der Waals surface area contributed by atoms with Gasteiger partial charge < -0.3 is 10.2 Å². The average molecular weight is 272 g/mol. The SMILES string of the molecule is CCN(C(=O)CC1CNc2ccccc21)C1CCCC1. The summed E-state index contributed by atoms with van der Waals surface area (Å²) in [7, 11) is 0. The second-order valence-electron chi connectivity index (χ2n) is 5.99. The highest BCUT2D eigenvalue weighted by atomic mass is 16.2. The number of hydrogen-bond donors (Lipinski definition) is 1. The van der Waals surface area contributed by atoms with E-state index in [4.69, 9.17) is 0 Å². The van der Waals surface area contributed by atoms with E-state index in [1.165, 1.54) is 36.9 Å². The molecule has 0 bridgehead atoms. The van der Waals surface area contributed by atoms with Crippen molar-refractivity contribution in [2.75, 3.05) is 18.4 Å². The highest BCUT2D eigenvalue weighted by Gasteiger charge is 2.29. The van der Waals surface area contributed by atoms with Crippen molar-refractivity contribution in [1.29, 1.82) is 0 Å². The van der Waals surface area contributed by atoms with Crippen LogP contribution in [0.5, 0.6) is 0 Å². The van der Waals surface area contributed by atoms with Crippen LogP contribution in [0, 0.1) is 0 Å². The maximum Gasteiger partial charge on any atom is 0.223 e. The van der Waals surface area contributed by atoms with E-state index in [1.807, 2.05) is 6.07 Å². The van der Waals surface area contributed by atoms with Crippen LogP contribution in [0.25, 0.3) is 0 Å². The highest BCUT2D eigenvalue weighted by Crippen LogP contribution is 2.34. The van der Waals surface area contributed by atoms with E-state index < -0.39 is 0 Å². The summed E-state index contributed by atoms with van der Waals surface area (Å²) in [4.78, 5) is 14.7. The molecule has 0 saturated heterocycles. The molecule has 2 aliphatic rings. The zero-order chi connectivity index (χ0) is 13.9. The molecule has 1 aliphatic carbocycles. The Morgan fingerprint density at radius 2 is 2.05 bits per heavy atom. The van der Waals surface area contributed by atoms with Gasteiger partial charge in [0, 0.05) is 37.2 Å². The quantitative estimate of drug-likeness (QED) is 0.911. The number of hydrogen-bond acceptors (Lipinski definition) is 2. The topological polar surface area (TPSA) is 32.3 Å². The Morgan fingerprint density at radius 3 is 2.80 bits per heavy atom. The Kier molecular flexibility index (Phi) is 3.95. The fraction of sp³-hybridized carbons (Fsp3) is 0.588. The van der Waals surface area contributed by atoms with Gasteiger partial charge in [-0.3, -0.25) is 4.79 Å². The second-order valence-corrected chi connectivity index (χ2v) is 5.99. The smallest absolute Gasteiger partial charge is 0.223 e. The molecule has 1 saturated carbocycles. The molecule has 3 heteroatoms. The number of benzene rings is 1. The summed E-state index contributed by atoms with van der Waals surface area (Å²) in [6.45, 7) is 3.86. The molecular weight excluding hydrogens is 248 g/mol. The molecule has 0 spiro atoms. The number of carbonyl (C=O) groups is 1. The first kappa shape index (κ1) is 13.5. The largest absolute Gasteiger partial charge is 0.384 e. The molecule has 1 amide bonds. The van der Waals surface area contributed by atoms with Gasteiger partial charge in [-0.25, -0.2) is 0 Å². The predicted octanol–water partition coefficient (Wildman–Crippen LogP) is 3.38. The minimum Gasteiger partial charge on any atom is -0.384 e. The summed E-state index contributed by atoms with van der Waals surface area (Å²) in [5.41, 5.74) is 2.51. The van der Waals surface area contributed by atoms with Gasteiger partial charge >= 0.3 is 0 Å². The van der Waals surface area contributed by atoms with Crippen LogP contribution < -0.4 is 5.32 Å². The molecule has 3 nitrogen and oxygen atoms in total. The van der Waals surface area contributed by atoms with E-state index in [0.29, 0.717) is 24.3 Å². The third-order valence-corrected chi connectivity index (χ3v) is 4.79. The van der Waals surface area contributed by atoms with Gasteiger partial charge in [-0.05, 0) is 31.4 Å². The maximum atomic E-state index is 12.6. The zero-order valence-corrected chi connectivity index (χ0v) is 12.3. The van der Waals surface area contributed by atoms with Crippen molar-refractivity contribution in [3.05, 3.63) is 29.8 Å². The minimum atomic E-state index is 0.336. The van der Waals surface area contributed by atoms with Crippen LogP contribution in [0.2, 0.25) is 0 Å². The Bertz CT molecular complexity index is 480. The molecule has 1 aromatic carbocycles. The molecule has 1 fully saturated rings. The van der Waals surface area contributed by atoms with Crippen molar-refractivity contribution in [2.24, 2.45) is 0 Å². The Hall–Kier alpha value is -1.51. The minimum absolute atomic E-state index is 0.336. The summed E-state index contributed by atoms with van der Waals surface area (Å²) in [5, 5.41) is 3.41. The average Bonchev–Trinajstić information content (AvgIpc) is 3.10. The predicted molar refractivity (Wildman–Crippen MR) is 81.9 cm³/mol. The van der Waals surface area contributed by atoms with Gasteiger partial charge in [0.25, 0.3) is 0 Å². The first-order chi connectivity index (χ1) is 9.79. The van der Waals surface area contributed by atoms with Crippen LogP contribution >= 0.6 is 0 Å². The molecule has 1 unspecified atom stereocenters. The van der Waals surface area contributed by atoms with Crippen LogP contribution in [0.3, 0.4) is 0 Å². The third-order valence-electron chi connectivity index (χ3n) is 4.79. The molecule has 1 N–H and O–H groups in total. The van der Waals surface area contributed by atoms with Gasteiger partial charge in [0.05, 0.1) is 0 Å². The van der Waals surface area contributed by atoms with E-state index in [9.17, 15) is 4.79 Å². The molecule has 1 aliphatic heterocycles. The number of para-hydroxylation sites is 1. The monoisotopic (exact) mass is 272 g/mol. The van der Waals surface area contributed by atoms with Crippen LogP contribution in [0.4, 0.5) is 5.69 Å². The van der Waals surface area contributed by atoms with Crippen LogP contribution in [-0.2, 0) is 4.79 Å². The molecule has 1 aromatic rings. The van der Waals surface area contributed by atoms with Gasteiger partial charge in [0.1, 0.15) is 0 Å². The molecular formula is C17H24N2O. The number of amides is 1. The van der Waals surface area contributed by atoms with Gasteiger partial charge in [0.15, 0.2) is 0 Å². The maximum absolute atomic E-state index is 12.6. The van der Waals surface area contributed by atoms with Crippen LogP contribution in [0.15, 0.2) is 24.3 Å². The molecule has 0 radical (unpaired) electrons. The number of carbonyl (C=O) groups excluding carboxylic acids is 1. The summed E-state index contributed by atoms with van der Waals surface area (Å²) in [6, 6.07) is 8.87. The van der Waals surface area contributed by atoms with Crippen molar-refractivity contribution < 1.29 is 4.79 Å². The van der Waals surface area contributed by atoms with Crippen LogP contribution in [-0.4, -0.2) is 29.9 Å². The fourth-order valence-electron chi connectivity index (χ4n) is 3.72. The molecule has 20 heavy (non-hydrogen) atoms. The fourth-order valence-corrected chi connectivity index (χ4v) is 3.72. The van der Waals surface area contributed by atoms with E-state index in [2.05, 4.69) is 35.3 Å². The number of anilines is 1. The first-order valence-electron chi connectivity index (χ1n) is 7.92. The normalized spacial score (nSPS) is 21.6. The summed E-state index contributed by atoms with van der Waals surface area (Å²) >= 11 is 0. The lowest BCUT2D eigenvalue weighted by Crippen LogP contribution is -2.39. The molecule has 3 rings (SSSR count). The lowest BCUT2D eigenvalue weighted by molar-refractivity contribution is -0.133. The summed E-state index contributed by atoms with van der Waals surface area (Å²) < 4.78 is 0. The Morgan fingerprint density at radius 1 is 1.30 bits per heavy atom. The van der Waals surface area contributed by atoms with Crippen molar-refractivity contribution in [2.45, 2.75) is 51.0 Å². The van der Waals surface area contributed by atoms with Gasteiger partial charge in [0.2, 0.25) is 5.91 Å². The third kappa shape index (κ3) is 2.54.